The van der Waals surface area contributed by atoms with Gasteiger partial charge in [0, 0.05) is 11.6 Å². The zero-order chi connectivity index (χ0) is 27.4. The highest BCUT2D eigenvalue weighted by Gasteiger charge is 2.49. The lowest BCUT2D eigenvalue weighted by Crippen LogP contribution is -2.37. The molecule has 3 aromatic rings. The summed E-state index contributed by atoms with van der Waals surface area (Å²) in [5, 5.41) is 11.5. The molecule has 1 saturated carbocycles. The summed E-state index contributed by atoms with van der Waals surface area (Å²) < 4.78 is 11.7. The van der Waals surface area contributed by atoms with E-state index in [2.05, 4.69) is 0 Å². The zero-order valence-corrected chi connectivity index (χ0v) is 22.6. The molecule has 0 bridgehead atoms. The number of benzene rings is 3. The quantitative estimate of drug-likeness (QED) is 0.191. The maximum Gasteiger partial charge on any atom is 0.295 e. The molecule has 1 N–H and O–H groups in total. The number of aliphatic hydroxyl groups is 1. The third-order valence-electron chi connectivity index (χ3n) is 7.55. The van der Waals surface area contributed by atoms with Crippen molar-refractivity contribution in [3.8, 4) is 11.5 Å². The molecular weight excluding hydrogens is 490 g/mol. The molecule has 5 rings (SSSR count). The molecule has 1 aliphatic carbocycles. The van der Waals surface area contributed by atoms with Crippen LogP contribution in [-0.2, 0) is 16.2 Å². The van der Waals surface area contributed by atoms with Gasteiger partial charge in [0.15, 0.2) is 0 Å². The van der Waals surface area contributed by atoms with Gasteiger partial charge in [0.2, 0.25) is 0 Å². The van der Waals surface area contributed by atoms with Crippen LogP contribution in [-0.4, -0.2) is 34.3 Å². The van der Waals surface area contributed by atoms with E-state index >= 15 is 0 Å². The Morgan fingerprint density at radius 2 is 1.67 bits per heavy atom. The van der Waals surface area contributed by atoms with Crippen molar-refractivity contribution < 1.29 is 24.2 Å². The molecule has 0 radical (unpaired) electrons. The van der Waals surface area contributed by atoms with E-state index in [1.165, 1.54) is 0 Å². The van der Waals surface area contributed by atoms with E-state index in [0.717, 1.165) is 54.5 Å². The molecule has 39 heavy (non-hydrogen) atoms. The van der Waals surface area contributed by atoms with E-state index < -0.39 is 17.7 Å². The molecule has 6 nitrogen and oxygen atoms in total. The van der Waals surface area contributed by atoms with Gasteiger partial charge in [-0.05, 0) is 73.2 Å². The summed E-state index contributed by atoms with van der Waals surface area (Å²) in [6.45, 7) is 5.00. The monoisotopic (exact) mass is 525 g/mol. The molecule has 2 aliphatic rings. The van der Waals surface area contributed by atoms with E-state index in [-0.39, 0.29) is 17.4 Å². The van der Waals surface area contributed by atoms with Crippen LogP contribution in [0.15, 0.2) is 78.4 Å². The standard InChI is InChI=1S/C33H35NO5/c1-3-19-38-27-16-13-24(14-17-27)30-29(32(36)33(37)34(30)26-11-7-8-12-26)31(35)25-15-18-28(22(2)20-25)39-21-23-9-5-4-6-10-23/h4-6,9-10,13-18,20,26,30,35H,3,7-8,11-12,19,21H2,1-2H3/b31-29-. The van der Waals surface area contributed by atoms with Crippen molar-refractivity contribution in [3.05, 3.63) is 101 Å². The maximum atomic E-state index is 13.4. The van der Waals surface area contributed by atoms with Crippen LogP contribution in [0.25, 0.3) is 5.76 Å². The maximum absolute atomic E-state index is 13.4. The number of ether oxygens (including phenoxy) is 2. The minimum atomic E-state index is -0.650. The summed E-state index contributed by atoms with van der Waals surface area (Å²) in [7, 11) is 0. The van der Waals surface area contributed by atoms with Crippen LogP contribution >= 0.6 is 0 Å². The molecule has 1 heterocycles. The molecule has 0 aromatic heterocycles. The Labute approximate surface area is 229 Å². The zero-order valence-electron chi connectivity index (χ0n) is 22.6. The highest BCUT2D eigenvalue weighted by Crippen LogP contribution is 2.44. The van der Waals surface area contributed by atoms with E-state index in [1.54, 1.807) is 23.1 Å². The number of rotatable bonds is 9. The smallest absolute Gasteiger partial charge is 0.295 e. The molecule has 1 atom stereocenters. The van der Waals surface area contributed by atoms with Crippen LogP contribution in [0, 0.1) is 6.92 Å². The summed E-state index contributed by atoms with van der Waals surface area (Å²) in [5.74, 6) is 0.0843. The van der Waals surface area contributed by atoms with Crippen LogP contribution < -0.4 is 9.47 Å². The van der Waals surface area contributed by atoms with Gasteiger partial charge in [-0.2, -0.15) is 0 Å². The van der Waals surface area contributed by atoms with Crippen molar-refractivity contribution in [2.75, 3.05) is 6.61 Å². The Hall–Kier alpha value is -4.06. The van der Waals surface area contributed by atoms with Gasteiger partial charge >= 0.3 is 0 Å². The second kappa shape index (κ2) is 11.8. The fourth-order valence-corrected chi connectivity index (χ4v) is 5.55. The Morgan fingerprint density at radius 1 is 0.949 bits per heavy atom. The van der Waals surface area contributed by atoms with Crippen LogP contribution in [0.3, 0.4) is 0 Å². The first kappa shape index (κ1) is 26.5. The second-order valence-corrected chi connectivity index (χ2v) is 10.3. The predicted molar refractivity (Wildman–Crippen MR) is 151 cm³/mol. The third kappa shape index (κ3) is 5.56. The molecule has 1 saturated heterocycles. The van der Waals surface area contributed by atoms with Gasteiger partial charge in [-0.25, -0.2) is 0 Å². The summed E-state index contributed by atoms with van der Waals surface area (Å²) in [4.78, 5) is 28.5. The topological polar surface area (TPSA) is 76.1 Å². The van der Waals surface area contributed by atoms with Gasteiger partial charge in [0.25, 0.3) is 11.7 Å². The first-order valence-corrected chi connectivity index (χ1v) is 13.8. The lowest BCUT2D eigenvalue weighted by Gasteiger charge is -2.30. The SMILES string of the molecule is CCCOc1ccc(C2/C(=C(/O)c3ccc(OCc4ccccc4)c(C)c3)C(=O)C(=O)N2C2CCCC2)cc1. The van der Waals surface area contributed by atoms with Crippen LogP contribution in [0.2, 0.25) is 0 Å². The highest BCUT2D eigenvalue weighted by molar-refractivity contribution is 6.46. The first-order chi connectivity index (χ1) is 19.0. The van der Waals surface area contributed by atoms with Crippen LogP contribution in [0.1, 0.15) is 67.3 Å². The van der Waals surface area contributed by atoms with E-state index in [4.69, 9.17) is 9.47 Å². The number of amides is 1. The number of hydrogen-bond acceptors (Lipinski definition) is 5. The predicted octanol–water partition coefficient (Wildman–Crippen LogP) is 6.73. The van der Waals surface area contributed by atoms with Crippen molar-refractivity contribution in [2.45, 2.75) is 64.6 Å². The largest absolute Gasteiger partial charge is 0.507 e. The highest BCUT2D eigenvalue weighted by atomic mass is 16.5. The summed E-state index contributed by atoms with van der Waals surface area (Å²) in [6, 6.07) is 22.1. The van der Waals surface area contributed by atoms with Gasteiger partial charge in [0.1, 0.15) is 23.9 Å². The number of nitrogens with zero attached hydrogens (tertiary/aromatic N) is 1. The molecule has 1 unspecified atom stereocenters. The average Bonchev–Trinajstić information content (AvgIpc) is 3.58. The molecule has 0 spiro atoms. The Morgan fingerprint density at radius 3 is 2.33 bits per heavy atom. The number of ketones is 1. The van der Waals surface area contributed by atoms with Crippen LogP contribution in [0.5, 0.6) is 11.5 Å². The Bertz CT molecular complexity index is 1360. The molecule has 6 heteroatoms. The van der Waals surface area contributed by atoms with Gasteiger partial charge in [-0.15, -0.1) is 0 Å². The second-order valence-electron chi connectivity index (χ2n) is 10.3. The first-order valence-electron chi connectivity index (χ1n) is 13.8. The van der Waals surface area contributed by atoms with Gasteiger partial charge in [0.05, 0.1) is 18.2 Å². The Balaban J connectivity index is 1.49. The normalized spacial score (nSPS) is 19.0. The number of likely N-dealkylation sites (tertiary alicyclic amines) is 1. The fraction of sp³-hybridized carbons (Fsp3) is 0.333. The fourth-order valence-electron chi connectivity index (χ4n) is 5.55. The Kier molecular flexibility index (Phi) is 8.01. The van der Waals surface area contributed by atoms with E-state index in [0.29, 0.717) is 24.5 Å². The van der Waals surface area contributed by atoms with Crippen molar-refractivity contribution in [1.82, 2.24) is 4.90 Å². The molecule has 3 aromatic carbocycles. The summed E-state index contributed by atoms with van der Waals surface area (Å²) in [6.07, 6.45) is 4.66. The van der Waals surface area contributed by atoms with Gasteiger partial charge in [-0.3, -0.25) is 9.59 Å². The average molecular weight is 526 g/mol. The molecular formula is C33H35NO5. The van der Waals surface area contributed by atoms with Crippen LogP contribution in [0.4, 0.5) is 0 Å². The number of carbonyl (C=O) groups is 2. The van der Waals surface area contributed by atoms with Crippen molar-refractivity contribution in [3.63, 3.8) is 0 Å². The van der Waals surface area contributed by atoms with Crippen molar-refractivity contribution >= 4 is 17.4 Å². The lowest BCUT2D eigenvalue weighted by atomic mass is 9.94. The summed E-state index contributed by atoms with van der Waals surface area (Å²) >= 11 is 0. The minimum Gasteiger partial charge on any atom is -0.507 e. The van der Waals surface area contributed by atoms with Crippen molar-refractivity contribution in [2.24, 2.45) is 0 Å². The number of Topliss-reactive ketones (excluding diaryl/α,β-unsaturated/α-hetero) is 1. The molecule has 1 aliphatic heterocycles. The summed E-state index contributed by atoms with van der Waals surface area (Å²) in [5.41, 5.74) is 3.28. The minimum absolute atomic E-state index is 0.0248. The molecule has 2 fully saturated rings. The molecule has 1 amide bonds. The van der Waals surface area contributed by atoms with E-state index in [9.17, 15) is 14.7 Å². The number of aryl methyl sites for hydroxylation is 1. The van der Waals surface area contributed by atoms with Crippen molar-refractivity contribution in [1.29, 1.82) is 0 Å². The van der Waals surface area contributed by atoms with Gasteiger partial charge in [-0.1, -0.05) is 62.2 Å². The number of aliphatic hydroxyl groups excluding tert-OH is 1. The van der Waals surface area contributed by atoms with E-state index in [1.807, 2.05) is 68.4 Å². The lowest BCUT2D eigenvalue weighted by molar-refractivity contribution is -0.141. The molecule has 202 valence electrons. The number of carbonyl (C=O) groups excluding carboxylic acids is 2. The number of hydrogen-bond donors (Lipinski definition) is 1. The third-order valence-corrected chi connectivity index (χ3v) is 7.55. The van der Waals surface area contributed by atoms with Gasteiger partial charge < -0.3 is 19.5 Å².